The first-order chi connectivity index (χ1) is 9.43. The summed E-state index contributed by atoms with van der Waals surface area (Å²) < 4.78 is 5.88. The van der Waals surface area contributed by atoms with Crippen LogP contribution in [-0.4, -0.2) is 12.7 Å². The van der Waals surface area contributed by atoms with Crippen LogP contribution >= 0.6 is 0 Å². The van der Waals surface area contributed by atoms with Crippen LogP contribution in [0.3, 0.4) is 0 Å². The Morgan fingerprint density at radius 1 is 0.947 bits per heavy atom. The van der Waals surface area contributed by atoms with Crippen LogP contribution in [0.5, 0.6) is 0 Å². The number of hydrogen-bond acceptors (Lipinski definition) is 2. The average molecular weight is 253 g/mol. The molecule has 0 aliphatic carbocycles. The summed E-state index contributed by atoms with van der Waals surface area (Å²) in [6, 6.07) is 21.1. The van der Waals surface area contributed by atoms with Gasteiger partial charge in [-0.05, 0) is 30.5 Å². The molecule has 3 rings (SSSR count). The SMILES string of the molecule is c1ccc(N[C@@H](c2ccccc2)[C@@H]2CCCO2)cc1. The van der Waals surface area contributed by atoms with E-state index >= 15 is 0 Å². The van der Waals surface area contributed by atoms with Crippen LogP contribution in [-0.2, 0) is 4.74 Å². The molecule has 1 saturated heterocycles. The predicted octanol–water partition coefficient (Wildman–Crippen LogP) is 4.02. The predicted molar refractivity (Wildman–Crippen MR) is 78.2 cm³/mol. The zero-order valence-corrected chi connectivity index (χ0v) is 11.0. The lowest BCUT2D eigenvalue weighted by atomic mass is 9.99. The van der Waals surface area contributed by atoms with Crippen molar-refractivity contribution in [2.24, 2.45) is 0 Å². The Morgan fingerprint density at radius 3 is 2.26 bits per heavy atom. The van der Waals surface area contributed by atoms with Gasteiger partial charge in [-0.1, -0.05) is 48.5 Å². The topological polar surface area (TPSA) is 21.3 Å². The molecule has 0 unspecified atom stereocenters. The molecule has 0 spiro atoms. The maximum Gasteiger partial charge on any atom is 0.0818 e. The van der Waals surface area contributed by atoms with E-state index < -0.39 is 0 Å². The number of nitrogens with one attached hydrogen (secondary N) is 1. The van der Waals surface area contributed by atoms with Gasteiger partial charge >= 0.3 is 0 Å². The lowest BCUT2D eigenvalue weighted by Gasteiger charge is -2.25. The molecule has 98 valence electrons. The zero-order chi connectivity index (χ0) is 12.9. The van der Waals surface area contributed by atoms with E-state index in [2.05, 4.69) is 59.9 Å². The van der Waals surface area contributed by atoms with E-state index in [9.17, 15) is 0 Å². The molecule has 0 saturated carbocycles. The minimum absolute atomic E-state index is 0.228. The van der Waals surface area contributed by atoms with Gasteiger partial charge in [-0.15, -0.1) is 0 Å². The van der Waals surface area contributed by atoms with E-state index in [-0.39, 0.29) is 12.1 Å². The second-order valence-electron chi connectivity index (χ2n) is 4.95. The highest BCUT2D eigenvalue weighted by atomic mass is 16.5. The summed E-state index contributed by atoms with van der Waals surface area (Å²) in [5.74, 6) is 0. The van der Waals surface area contributed by atoms with Gasteiger partial charge in [0, 0.05) is 12.3 Å². The molecule has 1 aliphatic rings. The molecular weight excluding hydrogens is 234 g/mol. The van der Waals surface area contributed by atoms with Crippen molar-refractivity contribution in [3.05, 3.63) is 66.2 Å². The Balaban J connectivity index is 1.84. The van der Waals surface area contributed by atoms with E-state index in [1.807, 2.05) is 6.07 Å². The molecule has 1 fully saturated rings. The van der Waals surface area contributed by atoms with Gasteiger partial charge in [-0.2, -0.15) is 0 Å². The lowest BCUT2D eigenvalue weighted by Crippen LogP contribution is -2.25. The third-order valence-electron chi connectivity index (χ3n) is 3.59. The molecule has 2 heteroatoms. The molecule has 2 nitrogen and oxygen atoms in total. The van der Waals surface area contributed by atoms with E-state index in [0.717, 1.165) is 25.1 Å². The summed E-state index contributed by atoms with van der Waals surface area (Å²) in [7, 11) is 0. The molecule has 0 bridgehead atoms. The Labute approximate surface area is 114 Å². The molecular formula is C17H19NO. The first-order valence-corrected chi connectivity index (χ1v) is 6.91. The van der Waals surface area contributed by atoms with Crippen LogP contribution in [0.15, 0.2) is 60.7 Å². The largest absolute Gasteiger partial charge is 0.376 e. The highest BCUT2D eigenvalue weighted by molar-refractivity contribution is 5.45. The summed E-state index contributed by atoms with van der Waals surface area (Å²) in [5.41, 5.74) is 2.44. The second-order valence-corrected chi connectivity index (χ2v) is 4.95. The lowest BCUT2D eigenvalue weighted by molar-refractivity contribution is 0.0954. The number of benzene rings is 2. The number of anilines is 1. The van der Waals surface area contributed by atoms with Gasteiger partial charge in [0.2, 0.25) is 0 Å². The number of para-hydroxylation sites is 1. The van der Waals surface area contributed by atoms with Crippen LogP contribution in [0.2, 0.25) is 0 Å². The summed E-state index contributed by atoms with van der Waals surface area (Å²) in [6.07, 6.45) is 2.55. The van der Waals surface area contributed by atoms with Crippen molar-refractivity contribution >= 4 is 5.69 Å². The summed E-state index contributed by atoms with van der Waals surface area (Å²) >= 11 is 0. The molecule has 1 heterocycles. The zero-order valence-electron chi connectivity index (χ0n) is 11.0. The van der Waals surface area contributed by atoms with Gasteiger partial charge in [-0.25, -0.2) is 0 Å². The second kappa shape index (κ2) is 5.89. The van der Waals surface area contributed by atoms with Crippen LogP contribution in [0, 0.1) is 0 Å². The first kappa shape index (κ1) is 12.2. The van der Waals surface area contributed by atoms with Crippen molar-refractivity contribution in [2.75, 3.05) is 11.9 Å². The van der Waals surface area contributed by atoms with Crippen molar-refractivity contribution in [1.29, 1.82) is 0 Å². The summed E-state index contributed by atoms with van der Waals surface area (Å²) in [6.45, 7) is 0.879. The molecule has 0 aromatic heterocycles. The molecule has 1 aliphatic heterocycles. The van der Waals surface area contributed by atoms with Gasteiger partial charge in [0.15, 0.2) is 0 Å². The number of ether oxygens (including phenoxy) is 1. The van der Waals surface area contributed by atoms with Gasteiger partial charge in [0.1, 0.15) is 0 Å². The van der Waals surface area contributed by atoms with Crippen LogP contribution in [0.1, 0.15) is 24.4 Å². The molecule has 0 radical (unpaired) electrons. The standard InChI is InChI=1S/C17H19NO/c1-3-8-14(9-4-1)17(16-12-7-13-19-16)18-15-10-5-2-6-11-15/h1-6,8-11,16-18H,7,12-13H2/t16-,17-/m0/s1. The summed E-state index contributed by atoms with van der Waals surface area (Å²) in [4.78, 5) is 0. The van der Waals surface area contributed by atoms with Gasteiger partial charge in [0.05, 0.1) is 12.1 Å². The molecule has 1 N–H and O–H groups in total. The van der Waals surface area contributed by atoms with E-state index in [1.165, 1.54) is 5.56 Å². The fourth-order valence-electron chi connectivity index (χ4n) is 2.63. The maximum atomic E-state index is 5.88. The summed E-state index contributed by atoms with van der Waals surface area (Å²) in [5, 5.41) is 3.61. The minimum Gasteiger partial charge on any atom is -0.376 e. The van der Waals surface area contributed by atoms with Crippen molar-refractivity contribution in [1.82, 2.24) is 0 Å². The molecule has 19 heavy (non-hydrogen) atoms. The number of hydrogen-bond donors (Lipinski definition) is 1. The van der Waals surface area contributed by atoms with Crippen molar-refractivity contribution < 1.29 is 4.74 Å². The monoisotopic (exact) mass is 253 g/mol. The van der Waals surface area contributed by atoms with Gasteiger partial charge < -0.3 is 10.1 Å². The van der Waals surface area contributed by atoms with Crippen molar-refractivity contribution in [3.63, 3.8) is 0 Å². The Kier molecular flexibility index (Phi) is 3.80. The average Bonchev–Trinajstić information content (AvgIpc) is 3.01. The van der Waals surface area contributed by atoms with Gasteiger partial charge in [0.25, 0.3) is 0 Å². The highest BCUT2D eigenvalue weighted by Crippen LogP contribution is 2.30. The fraction of sp³-hybridized carbons (Fsp3) is 0.294. The van der Waals surface area contributed by atoms with E-state index in [0.29, 0.717) is 0 Å². The van der Waals surface area contributed by atoms with Crippen LogP contribution in [0.4, 0.5) is 5.69 Å². The third kappa shape index (κ3) is 2.96. The van der Waals surface area contributed by atoms with Gasteiger partial charge in [-0.3, -0.25) is 0 Å². The Hall–Kier alpha value is -1.80. The molecule has 2 aromatic rings. The normalized spacial score (nSPS) is 20.1. The Bertz CT molecular complexity index is 491. The van der Waals surface area contributed by atoms with Crippen LogP contribution in [0.25, 0.3) is 0 Å². The quantitative estimate of drug-likeness (QED) is 0.888. The Morgan fingerprint density at radius 2 is 1.63 bits per heavy atom. The molecule has 2 atom stereocenters. The fourth-order valence-corrected chi connectivity index (χ4v) is 2.63. The molecule has 0 amide bonds. The van der Waals surface area contributed by atoms with Crippen LogP contribution < -0.4 is 5.32 Å². The van der Waals surface area contributed by atoms with E-state index in [1.54, 1.807) is 0 Å². The van der Waals surface area contributed by atoms with Crippen molar-refractivity contribution in [2.45, 2.75) is 25.0 Å². The minimum atomic E-state index is 0.228. The highest BCUT2D eigenvalue weighted by Gasteiger charge is 2.27. The maximum absolute atomic E-state index is 5.88. The molecule has 2 aromatic carbocycles. The van der Waals surface area contributed by atoms with Crippen molar-refractivity contribution in [3.8, 4) is 0 Å². The number of rotatable bonds is 4. The first-order valence-electron chi connectivity index (χ1n) is 6.91. The smallest absolute Gasteiger partial charge is 0.0818 e. The third-order valence-corrected chi connectivity index (χ3v) is 3.59. The van der Waals surface area contributed by atoms with E-state index in [4.69, 9.17) is 4.74 Å².